The van der Waals surface area contributed by atoms with Gasteiger partial charge in [-0.15, -0.1) is 11.8 Å². The molecule has 0 aliphatic carbocycles. The first-order chi connectivity index (χ1) is 11.0. The van der Waals surface area contributed by atoms with Gasteiger partial charge in [0.25, 0.3) is 5.69 Å². The fraction of sp³-hybridized carbons (Fsp3) is 0.125. The Morgan fingerprint density at radius 1 is 1.17 bits per heavy atom. The molecule has 0 aliphatic heterocycles. The molecule has 0 bridgehead atoms. The molecular formula is C16H13NO5S. The Hall–Kier alpha value is -2.67. The van der Waals surface area contributed by atoms with Crippen molar-refractivity contribution in [2.75, 3.05) is 5.75 Å². The molecule has 118 valence electrons. The number of aromatic carboxylic acids is 1. The van der Waals surface area contributed by atoms with Gasteiger partial charge in [0, 0.05) is 17.2 Å². The number of nitro groups is 1. The first-order valence-electron chi connectivity index (χ1n) is 6.74. The molecule has 0 spiro atoms. The first-order valence-corrected chi connectivity index (χ1v) is 7.72. The fourth-order valence-electron chi connectivity index (χ4n) is 2.10. The predicted molar refractivity (Wildman–Crippen MR) is 86.3 cm³/mol. The van der Waals surface area contributed by atoms with E-state index in [0.29, 0.717) is 10.6 Å². The normalized spacial score (nSPS) is 10.3. The van der Waals surface area contributed by atoms with Gasteiger partial charge in [0.2, 0.25) is 0 Å². The molecule has 0 heterocycles. The number of hydrogen-bond acceptors (Lipinski definition) is 5. The smallest absolute Gasteiger partial charge is 0.336 e. The molecule has 23 heavy (non-hydrogen) atoms. The van der Waals surface area contributed by atoms with E-state index in [0.717, 1.165) is 0 Å². The Balaban J connectivity index is 2.50. The number of carbonyl (C=O) groups excluding carboxylic acids is 1. The van der Waals surface area contributed by atoms with E-state index in [4.69, 9.17) is 5.11 Å². The van der Waals surface area contributed by atoms with Crippen LogP contribution in [0.4, 0.5) is 5.69 Å². The molecule has 0 saturated carbocycles. The van der Waals surface area contributed by atoms with Crippen LogP contribution >= 0.6 is 11.8 Å². The van der Waals surface area contributed by atoms with Gasteiger partial charge >= 0.3 is 5.97 Å². The van der Waals surface area contributed by atoms with Gasteiger partial charge in [-0.25, -0.2) is 4.79 Å². The molecule has 0 fully saturated rings. The summed E-state index contributed by atoms with van der Waals surface area (Å²) >= 11 is 1.31. The van der Waals surface area contributed by atoms with Gasteiger partial charge in [0.15, 0.2) is 5.78 Å². The number of benzene rings is 2. The van der Waals surface area contributed by atoms with Crippen LogP contribution in [0.5, 0.6) is 0 Å². The highest BCUT2D eigenvalue weighted by Gasteiger charge is 2.21. The third kappa shape index (κ3) is 3.57. The van der Waals surface area contributed by atoms with Crippen molar-refractivity contribution in [3.05, 3.63) is 69.3 Å². The first kappa shape index (κ1) is 16.7. The van der Waals surface area contributed by atoms with Crippen molar-refractivity contribution in [1.82, 2.24) is 0 Å². The van der Waals surface area contributed by atoms with Crippen LogP contribution in [0.3, 0.4) is 0 Å². The number of rotatable bonds is 6. The SMILES string of the molecule is CCSc1ccc(C(=O)c2ccccc2C(=O)O)cc1[N+](=O)[O-]. The summed E-state index contributed by atoms with van der Waals surface area (Å²) in [6.45, 7) is 1.87. The van der Waals surface area contributed by atoms with Crippen LogP contribution in [0, 0.1) is 10.1 Å². The van der Waals surface area contributed by atoms with Crippen molar-refractivity contribution in [1.29, 1.82) is 0 Å². The molecule has 7 heteroatoms. The molecule has 0 amide bonds. The minimum Gasteiger partial charge on any atom is -0.478 e. The minimum atomic E-state index is -1.22. The number of hydrogen-bond donors (Lipinski definition) is 1. The summed E-state index contributed by atoms with van der Waals surface area (Å²) < 4.78 is 0. The number of nitro benzene ring substituents is 1. The summed E-state index contributed by atoms with van der Waals surface area (Å²) in [6.07, 6.45) is 0. The highest BCUT2D eigenvalue weighted by Crippen LogP contribution is 2.30. The average molecular weight is 331 g/mol. The second kappa shape index (κ2) is 7.06. The highest BCUT2D eigenvalue weighted by atomic mass is 32.2. The summed E-state index contributed by atoms with van der Waals surface area (Å²) in [5.41, 5.74) is -0.196. The lowest BCUT2D eigenvalue weighted by Gasteiger charge is -2.07. The molecule has 0 atom stereocenters. The monoisotopic (exact) mass is 331 g/mol. The summed E-state index contributed by atoms with van der Waals surface area (Å²) in [5, 5.41) is 20.3. The number of carboxylic acids is 1. The molecule has 0 saturated heterocycles. The van der Waals surface area contributed by atoms with Gasteiger partial charge in [0.05, 0.1) is 15.4 Å². The molecule has 2 aromatic rings. The summed E-state index contributed by atoms with van der Waals surface area (Å²) in [5.74, 6) is -1.11. The second-order valence-corrected chi connectivity index (χ2v) is 5.86. The Labute approximate surface area is 136 Å². The molecule has 0 unspecified atom stereocenters. The van der Waals surface area contributed by atoms with E-state index in [1.165, 1.54) is 48.2 Å². The predicted octanol–water partition coefficient (Wildman–Crippen LogP) is 3.64. The zero-order chi connectivity index (χ0) is 17.0. The van der Waals surface area contributed by atoms with Crippen LogP contribution in [0.1, 0.15) is 33.2 Å². The number of carboxylic acid groups (broad SMARTS) is 1. The molecule has 0 radical (unpaired) electrons. The Bertz CT molecular complexity index is 788. The lowest BCUT2D eigenvalue weighted by molar-refractivity contribution is -0.387. The minimum absolute atomic E-state index is 0.00481. The van der Waals surface area contributed by atoms with Crippen LogP contribution in [-0.4, -0.2) is 27.5 Å². The lowest BCUT2D eigenvalue weighted by atomic mass is 9.98. The van der Waals surface area contributed by atoms with E-state index in [2.05, 4.69) is 0 Å². The highest BCUT2D eigenvalue weighted by molar-refractivity contribution is 7.99. The van der Waals surface area contributed by atoms with E-state index in [9.17, 15) is 19.7 Å². The van der Waals surface area contributed by atoms with Gasteiger partial charge in [-0.3, -0.25) is 14.9 Å². The average Bonchev–Trinajstić information content (AvgIpc) is 2.54. The standard InChI is InChI=1S/C16H13NO5S/c1-2-23-14-8-7-10(9-13(14)17(21)22)15(18)11-5-3-4-6-12(11)16(19)20/h3-9H,2H2,1H3,(H,19,20). The van der Waals surface area contributed by atoms with Crippen molar-refractivity contribution in [2.45, 2.75) is 11.8 Å². The van der Waals surface area contributed by atoms with Gasteiger partial charge in [-0.05, 0) is 24.0 Å². The van der Waals surface area contributed by atoms with Crippen molar-refractivity contribution in [3.8, 4) is 0 Å². The Morgan fingerprint density at radius 2 is 1.83 bits per heavy atom. The number of ketones is 1. The van der Waals surface area contributed by atoms with Crippen LogP contribution in [0.25, 0.3) is 0 Å². The van der Waals surface area contributed by atoms with Crippen molar-refractivity contribution in [3.63, 3.8) is 0 Å². The van der Waals surface area contributed by atoms with E-state index in [1.807, 2.05) is 6.92 Å². The van der Waals surface area contributed by atoms with Crippen molar-refractivity contribution in [2.24, 2.45) is 0 Å². The topological polar surface area (TPSA) is 97.5 Å². The summed E-state index contributed by atoms with van der Waals surface area (Å²) in [7, 11) is 0. The van der Waals surface area contributed by atoms with Crippen LogP contribution in [0.2, 0.25) is 0 Å². The van der Waals surface area contributed by atoms with E-state index in [-0.39, 0.29) is 22.4 Å². The van der Waals surface area contributed by atoms with Crippen LogP contribution < -0.4 is 0 Å². The maximum Gasteiger partial charge on any atom is 0.336 e. The molecule has 0 aromatic heterocycles. The second-order valence-electron chi connectivity index (χ2n) is 4.55. The van der Waals surface area contributed by atoms with Gasteiger partial charge < -0.3 is 5.11 Å². The molecule has 1 N–H and O–H groups in total. The lowest BCUT2D eigenvalue weighted by Crippen LogP contribution is -2.10. The molecular weight excluding hydrogens is 318 g/mol. The largest absolute Gasteiger partial charge is 0.478 e. The van der Waals surface area contributed by atoms with Gasteiger partial charge in [0.1, 0.15) is 0 Å². The third-order valence-electron chi connectivity index (χ3n) is 3.12. The maximum absolute atomic E-state index is 12.5. The van der Waals surface area contributed by atoms with Gasteiger partial charge in [-0.2, -0.15) is 0 Å². The Kier molecular flexibility index (Phi) is 5.13. The number of thioether (sulfide) groups is 1. The quantitative estimate of drug-likeness (QED) is 0.376. The molecule has 2 aromatic carbocycles. The van der Waals surface area contributed by atoms with Crippen LogP contribution in [0.15, 0.2) is 47.4 Å². The zero-order valence-corrected chi connectivity index (χ0v) is 13.0. The number of carbonyl (C=O) groups is 2. The number of nitrogens with zero attached hydrogens (tertiary/aromatic N) is 1. The van der Waals surface area contributed by atoms with Gasteiger partial charge in [-0.1, -0.05) is 25.1 Å². The van der Waals surface area contributed by atoms with E-state index in [1.54, 1.807) is 6.07 Å². The van der Waals surface area contributed by atoms with Crippen molar-refractivity contribution >= 4 is 29.2 Å². The third-order valence-corrected chi connectivity index (χ3v) is 4.06. The summed E-state index contributed by atoms with van der Waals surface area (Å²) in [6, 6.07) is 9.98. The molecule has 0 aliphatic rings. The zero-order valence-electron chi connectivity index (χ0n) is 12.2. The summed E-state index contributed by atoms with van der Waals surface area (Å²) in [4.78, 5) is 34.8. The molecule has 6 nitrogen and oxygen atoms in total. The van der Waals surface area contributed by atoms with Crippen molar-refractivity contribution < 1.29 is 19.6 Å². The van der Waals surface area contributed by atoms with Crippen LogP contribution in [-0.2, 0) is 0 Å². The van der Waals surface area contributed by atoms with E-state index < -0.39 is 16.7 Å². The maximum atomic E-state index is 12.5. The molecule has 2 rings (SSSR count). The van der Waals surface area contributed by atoms with E-state index >= 15 is 0 Å². The fourth-order valence-corrected chi connectivity index (χ4v) is 2.86. The Morgan fingerprint density at radius 3 is 2.39 bits per heavy atom.